The van der Waals surface area contributed by atoms with Crippen LogP contribution in [0.15, 0.2) is 53.8 Å². The molecular weight excluding hydrogens is 597 g/mol. The number of halogens is 1. The third-order valence-electron chi connectivity index (χ3n) is 7.00. The van der Waals surface area contributed by atoms with Gasteiger partial charge >= 0.3 is 16.3 Å². The lowest BCUT2D eigenvalue weighted by Crippen LogP contribution is -2.48. The minimum absolute atomic E-state index is 0.00216. The van der Waals surface area contributed by atoms with Crippen LogP contribution in [0.1, 0.15) is 12.5 Å². The molecule has 1 amide bonds. The number of aromatic nitrogens is 4. The fraction of sp³-hybridized carbons (Fsp3) is 0.259. The summed E-state index contributed by atoms with van der Waals surface area (Å²) >= 11 is 0. The number of nitrogens with zero attached hydrogens (tertiary/aromatic N) is 8. The Kier molecular flexibility index (Phi) is 8.29. The highest BCUT2D eigenvalue weighted by molar-refractivity contribution is 7.90. The van der Waals surface area contributed by atoms with E-state index in [0.717, 1.165) is 16.4 Å². The molecule has 4 aromatic rings. The van der Waals surface area contributed by atoms with Crippen molar-refractivity contribution in [2.75, 3.05) is 49.4 Å². The molecule has 3 heterocycles. The first-order valence-corrected chi connectivity index (χ1v) is 14.7. The zero-order chi connectivity index (χ0) is 31.6. The molecule has 1 fully saturated rings. The van der Waals surface area contributed by atoms with Crippen molar-refractivity contribution >= 4 is 38.8 Å². The number of anilines is 2. The zero-order valence-electron chi connectivity index (χ0n) is 23.5. The first-order valence-electron chi connectivity index (χ1n) is 13.2. The molecule has 0 spiro atoms. The van der Waals surface area contributed by atoms with Crippen LogP contribution in [0.25, 0.3) is 16.6 Å². The van der Waals surface area contributed by atoms with Crippen molar-refractivity contribution in [2.24, 2.45) is 0 Å². The van der Waals surface area contributed by atoms with Crippen molar-refractivity contribution in [1.29, 1.82) is 5.26 Å². The average molecular weight is 624 g/mol. The molecule has 0 unspecified atom stereocenters. The molecule has 0 saturated carbocycles. The minimum atomic E-state index is -4.01. The Labute approximate surface area is 250 Å². The first-order chi connectivity index (χ1) is 21.0. The minimum Gasteiger partial charge on any atom is -0.465 e. The van der Waals surface area contributed by atoms with E-state index in [4.69, 9.17) is 9.84 Å². The van der Waals surface area contributed by atoms with Crippen molar-refractivity contribution < 1.29 is 27.4 Å². The van der Waals surface area contributed by atoms with E-state index in [2.05, 4.69) is 19.7 Å². The van der Waals surface area contributed by atoms with Crippen LogP contribution in [0.4, 0.5) is 20.8 Å². The summed E-state index contributed by atoms with van der Waals surface area (Å²) < 4.78 is 50.1. The smallest absolute Gasteiger partial charge is 0.407 e. The maximum Gasteiger partial charge on any atom is 0.407 e. The molecule has 2 aromatic heterocycles. The van der Waals surface area contributed by atoms with Crippen LogP contribution in [0.2, 0.25) is 0 Å². The number of carboxylic acid groups (broad SMARTS) is 1. The number of piperazine rings is 1. The quantitative estimate of drug-likeness (QED) is 0.293. The van der Waals surface area contributed by atoms with E-state index in [1.807, 2.05) is 4.90 Å². The summed E-state index contributed by atoms with van der Waals surface area (Å²) in [6, 6.07) is 8.12. The van der Waals surface area contributed by atoms with Crippen LogP contribution in [0.3, 0.4) is 0 Å². The SMILES string of the molecule is CCN(C)S(=O)(=O)Nc1ccc(F)c(Oc2ccc3ncn(-c4cnc(N5CCN(C(=O)O)CC5)nc4)c(=O)c3c2)c1C#N. The topological polar surface area (TPSA) is 187 Å². The number of hydrogen-bond acceptors (Lipinski definition) is 10. The van der Waals surface area contributed by atoms with Gasteiger partial charge in [0.05, 0.1) is 34.7 Å². The molecule has 1 aliphatic heterocycles. The molecule has 1 aliphatic rings. The second-order valence-corrected chi connectivity index (χ2v) is 11.4. The molecule has 17 heteroatoms. The fourth-order valence-corrected chi connectivity index (χ4v) is 5.35. The van der Waals surface area contributed by atoms with Gasteiger partial charge in [-0.15, -0.1) is 0 Å². The predicted molar refractivity (Wildman–Crippen MR) is 157 cm³/mol. The largest absolute Gasteiger partial charge is 0.465 e. The third-order valence-corrected chi connectivity index (χ3v) is 8.56. The van der Waals surface area contributed by atoms with Crippen molar-refractivity contribution in [3.05, 3.63) is 70.8 Å². The molecule has 2 N–H and O–H groups in total. The van der Waals surface area contributed by atoms with Crippen LogP contribution in [0, 0.1) is 17.1 Å². The van der Waals surface area contributed by atoms with Gasteiger partial charge in [-0.05, 0) is 30.3 Å². The highest BCUT2D eigenvalue weighted by atomic mass is 32.2. The van der Waals surface area contributed by atoms with Gasteiger partial charge in [-0.25, -0.2) is 24.1 Å². The van der Waals surface area contributed by atoms with Gasteiger partial charge in [0.2, 0.25) is 5.95 Å². The van der Waals surface area contributed by atoms with Gasteiger partial charge in [0.15, 0.2) is 11.6 Å². The molecular formula is C27H26FN9O6S. The number of rotatable bonds is 8. The van der Waals surface area contributed by atoms with Gasteiger partial charge in [0, 0.05) is 39.8 Å². The molecule has 0 bridgehead atoms. The molecule has 2 aromatic carbocycles. The van der Waals surface area contributed by atoms with Gasteiger partial charge in [0.1, 0.15) is 23.7 Å². The molecule has 44 heavy (non-hydrogen) atoms. The molecule has 0 atom stereocenters. The van der Waals surface area contributed by atoms with E-state index < -0.39 is 33.4 Å². The normalized spacial score (nSPS) is 13.6. The van der Waals surface area contributed by atoms with Crippen LogP contribution in [-0.4, -0.2) is 88.1 Å². The number of hydrogen-bond donors (Lipinski definition) is 2. The second-order valence-electron chi connectivity index (χ2n) is 9.63. The van der Waals surface area contributed by atoms with E-state index in [9.17, 15) is 27.7 Å². The maximum absolute atomic E-state index is 14.9. The van der Waals surface area contributed by atoms with E-state index in [1.54, 1.807) is 13.0 Å². The monoisotopic (exact) mass is 623 g/mol. The number of fused-ring (bicyclic) bond motifs is 1. The van der Waals surface area contributed by atoms with Crippen molar-refractivity contribution in [3.8, 4) is 23.3 Å². The summed E-state index contributed by atoms with van der Waals surface area (Å²) in [5.41, 5.74) is -0.433. The lowest BCUT2D eigenvalue weighted by molar-refractivity contribution is 0.142. The zero-order valence-corrected chi connectivity index (χ0v) is 24.3. The molecule has 5 rings (SSSR count). The standard InChI is InChI=1S/C27H26FN9O6S/c1-3-34(2)44(41,42)33-23-7-5-21(28)24(20(23)13-29)43-18-4-6-22-19(12-18)25(38)37(16-32-22)17-14-30-26(31-15-17)35-8-10-36(11-9-35)27(39)40/h4-7,12,14-16,33H,3,8-11H2,1-2H3,(H,39,40). The molecule has 228 valence electrons. The fourth-order valence-electron chi connectivity index (χ4n) is 4.41. The number of carbonyl (C=O) groups is 1. The Balaban J connectivity index is 1.43. The van der Waals surface area contributed by atoms with Gasteiger partial charge in [0.25, 0.3) is 5.56 Å². The van der Waals surface area contributed by atoms with Gasteiger partial charge < -0.3 is 19.6 Å². The molecule has 0 aliphatic carbocycles. The summed E-state index contributed by atoms with van der Waals surface area (Å²) in [4.78, 5) is 40.7. The number of nitrogens with one attached hydrogen (secondary N) is 1. The van der Waals surface area contributed by atoms with Gasteiger partial charge in [-0.1, -0.05) is 6.92 Å². The highest BCUT2D eigenvalue weighted by Gasteiger charge is 2.24. The first kappa shape index (κ1) is 30.1. The summed E-state index contributed by atoms with van der Waals surface area (Å²) in [6.45, 7) is 3.26. The maximum atomic E-state index is 14.9. The van der Waals surface area contributed by atoms with Crippen LogP contribution in [-0.2, 0) is 10.2 Å². The molecule has 15 nitrogen and oxygen atoms in total. The van der Waals surface area contributed by atoms with Gasteiger partial charge in [-0.2, -0.15) is 18.0 Å². The summed E-state index contributed by atoms with van der Waals surface area (Å²) in [5.74, 6) is -1.05. The lowest BCUT2D eigenvalue weighted by atomic mass is 10.1. The van der Waals surface area contributed by atoms with Crippen molar-refractivity contribution in [1.82, 2.24) is 28.7 Å². The number of ether oxygens (including phenoxy) is 1. The van der Waals surface area contributed by atoms with Crippen LogP contribution >= 0.6 is 0 Å². The predicted octanol–water partition coefficient (Wildman–Crippen LogP) is 2.39. The van der Waals surface area contributed by atoms with Crippen molar-refractivity contribution in [2.45, 2.75) is 6.92 Å². The van der Waals surface area contributed by atoms with E-state index in [0.29, 0.717) is 43.3 Å². The number of nitriles is 1. The van der Waals surface area contributed by atoms with Crippen molar-refractivity contribution in [3.63, 3.8) is 0 Å². The Bertz CT molecular complexity index is 1940. The second kappa shape index (κ2) is 12.1. The Morgan fingerprint density at radius 2 is 1.86 bits per heavy atom. The summed E-state index contributed by atoms with van der Waals surface area (Å²) in [7, 11) is -2.67. The summed E-state index contributed by atoms with van der Waals surface area (Å²) in [5, 5.41) is 19.0. The average Bonchev–Trinajstić information content (AvgIpc) is 3.02. The Hall–Kier alpha value is -5.34. The van der Waals surface area contributed by atoms with Crippen LogP contribution in [0.5, 0.6) is 11.5 Å². The van der Waals surface area contributed by atoms with E-state index in [1.165, 1.54) is 53.4 Å². The Morgan fingerprint density at radius 3 is 2.50 bits per heavy atom. The van der Waals surface area contributed by atoms with E-state index in [-0.39, 0.29) is 28.9 Å². The summed E-state index contributed by atoms with van der Waals surface area (Å²) in [6.07, 6.45) is 3.21. The van der Waals surface area contributed by atoms with E-state index >= 15 is 0 Å². The highest BCUT2D eigenvalue weighted by Crippen LogP contribution is 2.34. The van der Waals surface area contributed by atoms with Gasteiger partial charge in [-0.3, -0.25) is 14.1 Å². The number of benzene rings is 2. The lowest BCUT2D eigenvalue weighted by Gasteiger charge is -2.33. The Morgan fingerprint density at radius 1 is 1.16 bits per heavy atom. The molecule has 1 saturated heterocycles. The van der Waals surface area contributed by atoms with Crippen LogP contribution < -0.4 is 19.9 Å². The third kappa shape index (κ3) is 5.93. The number of amides is 1. The molecule has 0 radical (unpaired) electrons.